The summed E-state index contributed by atoms with van der Waals surface area (Å²) in [4.78, 5) is 11.4. The van der Waals surface area contributed by atoms with E-state index in [1.54, 1.807) is 0 Å². The molecule has 3 nitrogen and oxygen atoms in total. The minimum Gasteiger partial charge on any atom is -0.479 e. The first-order chi connectivity index (χ1) is 9.68. The number of hydrogen-bond donors (Lipinski definition) is 1. The minimum atomic E-state index is -0.933. The molecule has 104 valence electrons. The highest BCUT2D eigenvalue weighted by Crippen LogP contribution is 2.22. The molecule has 0 radical (unpaired) electrons. The van der Waals surface area contributed by atoms with Gasteiger partial charge in [-0.2, -0.15) is 0 Å². The van der Waals surface area contributed by atoms with Gasteiger partial charge in [-0.15, -0.1) is 0 Å². The number of carboxylic acids is 1. The van der Waals surface area contributed by atoms with Gasteiger partial charge in [0.2, 0.25) is 0 Å². The summed E-state index contributed by atoms with van der Waals surface area (Å²) in [5.41, 5.74) is 1.94. The molecule has 2 rings (SSSR count). The van der Waals surface area contributed by atoms with E-state index in [9.17, 15) is 9.90 Å². The summed E-state index contributed by atoms with van der Waals surface area (Å²) >= 11 is 0. The van der Waals surface area contributed by atoms with Crippen molar-refractivity contribution in [2.24, 2.45) is 0 Å². The Bertz CT molecular complexity index is 537. The Kier molecular flexibility index (Phi) is 4.91. The maximum Gasteiger partial charge on any atom is 0.333 e. The summed E-state index contributed by atoms with van der Waals surface area (Å²) in [5.74, 6) is -1.13. The Morgan fingerprint density at radius 2 is 1.60 bits per heavy atom. The van der Waals surface area contributed by atoms with Gasteiger partial charge in [-0.25, -0.2) is 4.79 Å². The lowest BCUT2D eigenvalue weighted by atomic mass is 9.95. The van der Waals surface area contributed by atoms with Crippen molar-refractivity contribution in [1.82, 2.24) is 0 Å². The molecular formula is C17H18O3. The summed E-state index contributed by atoms with van der Waals surface area (Å²) in [5, 5.41) is 9.36. The molecule has 0 bridgehead atoms. The summed E-state index contributed by atoms with van der Waals surface area (Å²) in [6, 6.07) is 19.2. The number of ether oxygens (including phenoxy) is 1. The molecule has 0 aliphatic heterocycles. The van der Waals surface area contributed by atoms with Gasteiger partial charge in [-0.1, -0.05) is 67.6 Å². The average molecular weight is 270 g/mol. The van der Waals surface area contributed by atoms with E-state index in [4.69, 9.17) is 4.74 Å². The van der Waals surface area contributed by atoms with Crippen molar-refractivity contribution in [3.8, 4) is 0 Å². The second-order valence-electron chi connectivity index (χ2n) is 4.75. The molecule has 0 heterocycles. The summed E-state index contributed by atoms with van der Waals surface area (Å²) in [6.07, 6.45) is -0.849. The zero-order chi connectivity index (χ0) is 14.4. The molecule has 1 N–H and O–H groups in total. The quantitative estimate of drug-likeness (QED) is 0.874. The average Bonchev–Trinajstić information content (AvgIpc) is 2.49. The lowest BCUT2D eigenvalue weighted by molar-refractivity contribution is -0.152. The highest BCUT2D eigenvalue weighted by molar-refractivity contribution is 5.73. The van der Waals surface area contributed by atoms with Gasteiger partial charge in [0.15, 0.2) is 6.10 Å². The number of carboxylic acid groups (broad SMARTS) is 1. The maximum absolute atomic E-state index is 11.4. The molecule has 2 aromatic carbocycles. The molecule has 2 atom stereocenters. The van der Waals surface area contributed by atoms with Crippen LogP contribution in [0, 0.1) is 0 Å². The van der Waals surface area contributed by atoms with E-state index < -0.39 is 12.1 Å². The SMILES string of the molecule is CC(c1ccccc1)C(OCc1ccccc1)C(=O)O. The topological polar surface area (TPSA) is 46.5 Å². The summed E-state index contributed by atoms with van der Waals surface area (Å²) in [6.45, 7) is 2.17. The van der Waals surface area contributed by atoms with Gasteiger partial charge in [0, 0.05) is 5.92 Å². The molecule has 2 aromatic rings. The molecule has 3 heteroatoms. The van der Waals surface area contributed by atoms with Crippen LogP contribution in [0.4, 0.5) is 0 Å². The number of benzene rings is 2. The first kappa shape index (κ1) is 14.3. The van der Waals surface area contributed by atoms with Crippen LogP contribution in [0.15, 0.2) is 60.7 Å². The van der Waals surface area contributed by atoms with Gasteiger partial charge in [0.1, 0.15) is 0 Å². The lowest BCUT2D eigenvalue weighted by Crippen LogP contribution is -2.29. The van der Waals surface area contributed by atoms with Crippen molar-refractivity contribution >= 4 is 5.97 Å². The van der Waals surface area contributed by atoms with Gasteiger partial charge in [0.25, 0.3) is 0 Å². The van der Waals surface area contributed by atoms with E-state index in [2.05, 4.69) is 0 Å². The Morgan fingerprint density at radius 1 is 1.05 bits per heavy atom. The van der Waals surface area contributed by atoms with Crippen LogP contribution in [0.3, 0.4) is 0 Å². The van der Waals surface area contributed by atoms with Gasteiger partial charge in [0.05, 0.1) is 6.61 Å². The molecule has 0 aliphatic carbocycles. The van der Waals surface area contributed by atoms with Crippen LogP contribution in [-0.4, -0.2) is 17.2 Å². The smallest absolute Gasteiger partial charge is 0.333 e. The van der Waals surface area contributed by atoms with Crippen molar-refractivity contribution in [3.63, 3.8) is 0 Å². The van der Waals surface area contributed by atoms with Crippen LogP contribution in [0.2, 0.25) is 0 Å². The molecule has 0 amide bonds. The number of hydrogen-bond acceptors (Lipinski definition) is 2. The van der Waals surface area contributed by atoms with Gasteiger partial charge in [-0.3, -0.25) is 0 Å². The molecule has 0 saturated heterocycles. The third kappa shape index (κ3) is 3.68. The number of aliphatic carboxylic acids is 1. The summed E-state index contributed by atoms with van der Waals surface area (Å²) < 4.78 is 5.61. The lowest BCUT2D eigenvalue weighted by Gasteiger charge is -2.21. The largest absolute Gasteiger partial charge is 0.479 e. The monoisotopic (exact) mass is 270 g/mol. The zero-order valence-corrected chi connectivity index (χ0v) is 11.4. The third-order valence-electron chi connectivity index (χ3n) is 3.30. The summed E-state index contributed by atoms with van der Waals surface area (Å²) in [7, 11) is 0. The second kappa shape index (κ2) is 6.87. The van der Waals surface area contributed by atoms with Crippen molar-refractivity contribution in [2.75, 3.05) is 0 Å². The second-order valence-corrected chi connectivity index (χ2v) is 4.75. The Hall–Kier alpha value is -2.13. The zero-order valence-electron chi connectivity index (χ0n) is 11.4. The fraction of sp³-hybridized carbons (Fsp3) is 0.235. The van der Waals surface area contributed by atoms with Crippen LogP contribution >= 0.6 is 0 Å². The highest BCUT2D eigenvalue weighted by atomic mass is 16.5. The number of rotatable bonds is 6. The van der Waals surface area contributed by atoms with Gasteiger partial charge < -0.3 is 9.84 Å². The van der Waals surface area contributed by atoms with E-state index in [1.165, 1.54) is 0 Å². The minimum absolute atomic E-state index is 0.197. The van der Waals surface area contributed by atoms with Gasteiger partial charge >= 0.3 is 5.97 Å². The first-order valence-corrected chi connectivity index (χ1v) is 6.62. The van der Waals surface area contributed by atoms with E-state index >= 15 is 0 Å². The van der Waals surface area contributed by atoms with E-state index in [0.29, 0.717) is 6.61 Å². The molecule has 0 aliphatic rings. The number of carbonyl (C=O) groups is 1. The fourth-order valence-electron chi connectivity index (χ4n) is 2.12. The van der Waals surface area contributed by atoms with Crippen LogP contribution in [-0.2, 0) is 16.1 Å². The molecule has 0 fully saturated rings. The van der Waals surface area contributed by atoms with E-state index in [1.807, 2.05) is 67.6 Å². The predicted molar refractivity (Wildman–Crippen MR) is 77.5 cm³/mol. The van der Waals surface area contributed by atoms with E-state index in [0.717, 1.165) is 11.1 Å². The van der Waals surface area contributed by atoms with Crippen molar-refractivity contribution in [2.45, 2.75) is 25.6 Å². The predicted octanol–water partition coefficient (Wildman–Crippen LogP) is 3.46. The van der Waals surface area contributed by atoms with Crippen LogP contribution in [0.25, 0.3) is 0 Å². The molecule has 0 saturated carbocycles. The van der Waals surface area contributed by atoms with Crippen molar-refractivity contribution < 1.29 is 14.6 Å². The maximum atomic E-state index is 11.4. The molecule has 0 spiro atoms. The van der Waals surface area contributed by atoms with Gasteiger partial charge in [-0.05, 0) is 11.1 Å². The third-order valence-corrected chi connectivity index (χ3v) is 3.30. The van der Waals surface area contributed by atoms with Crippen molar-refractivity contribution in [1.29, 1.82) is 0 Å². The molecule has 0 aromatic heterocycles. The van der Waals surface area contributed by atoms with Crippen LogP contribution in [0.5, 0.6) is 0 Å². The standard InChI is InChI=1S/C17H18O3/c1-13(15-10-6-3-7-11-15)16(17(18)19)20-12-14-8-4-2-5-9-14/h2-11,13,16H,12H2,1H3,(H,18,19). The Morgan fingerprint density at radius 3 is 2.15 bits per heavy atom. The highest BCUT2D eigenvalue weighted by Gasteiger charge is 2.26. The molecule has 2 unspecified atom stereocenters. The molecular weight excluding hydrogens is 252 g/mol. The van der Waals surface area contributed by atoms with E-state index in [-0.39, 0.29) is 5.92 Å². The fourth-order valence-corrected chi connectivity index (χ4v) is 2.12. The molecule has 20 heavy (non-hydrogen) atoms. The normalized spacial score (nSPS) is 13.7. The Labute approximate surface area is 118 Å². The van der Waals surface area contributed by atoms with Crippen molar-refractivity contribution in [3.05, 3.63) is 71.8 Å². The van der Waals surface area contributed by atoms with Crippen LogP contribution in [0.1, 0.15) is 24.0 Å². The Balaban J connectivity index is 2.06. The first-order valence-electron chi connectivity index (χ1n) is 6.62. The van der Waals surface area contributed by atoms with Crippen LogP contribution < -0.4 is 0 Å².